The first-order valence-electron chi connectivity index (χ1n) is 5.96. The normalized spacial score (nSPS) is 18.8. The smallest absolute Gasteiger partial charge is 0.322 e. The van der Waals surface area contributed by atoms with E-state index < -0.39 is 11.9 Å². The molecular weight excluding hydrogens is 266 g/mol. The molecule has 108 valence electrons. The molecule has 1 atom stereocenters. The lowest BCUT2D eigenvalue weighted by Gasteiger charge is -2.33. The van der Waals surface area contributed by atoms with Crippen LogP contribution in [0.1, 0.15) is 13.3 Å². The topological polar surface area (TPSA) is 135 Å². The summed E-state index contributed by atoms with van der Waals surface area (Å²) in [5, 5.41) is 2.27. The van der Waals surface area contributed by atoms with Gasteiger partial charge in [0.25, 0.3) is 0 Å². The van der Waals surface area contributed by atoms with Gasteiger partial charge in [0.2, 0.25) is 23.7 Å². The first kappa shape index (κ1) is 13.9. The molecule has 10 nitrogen and oxygen atoms in total. The molecule has 2 heterocycles. The van der Waals surface area contributed by atoms with Crippen molar-refractivity contribution in [3.05, 3.63) is 0 Å². The van der Waals surface area contributed by atoms with Crippen LogP contribution in [0.5, 0.6) is 6.01 Å². The summed E-state index contributed by atoms with van der Waals surface area (Å²) in [6.07, 6.45) is 0.499. The lowest BCUT2D eigenvalue weighted by molar-refractivity contribution is -0.133. The molecule has 1 fully saturated rings. The maximum Gasteiger partial charge on any atom is 0.322 e. The van der Waals surface area contributed by atoms with Gasteiger partial charge in [0.05, 0.1) is 7.11 Å². The molecule has 1 unspecified atom stereocenters. The van der Waals surface area contributed by atoms with Crippen molar-refractivity contribution < 1.29 is 14.3 Å². The minimum absolute atomic E-state index is 0.0264. The van der Waals surface area contributed by atoms with Gasteiger partial charge < -0.3 is 9.64 Å². The Balaban J connectivity index is 2.41. The summed E-state index contributed by atoms with van der Waals surface area (Å²) in [6, 6.07) is -0.498. The SMILES string of the molecule is CCC1C(=O)NC(=O)CN1c1nc(NN)nc(OC)n1. The number of hydrogen-bond donors (Lipinski definition) is 3. The molecule has 0 aliphatic carbocycles. The van der Waals surface area contributed by atoms with Gasteiger partial charge >= 0.3 is 6.01 Å². The van der Waals surface area contributed by atoms with E-state index >= 15 is 0 Å². The number of nitrogens with one attached hydrogen (secondary N) is 2. The Labute approximate surface area is 114 Å². The molecule has 0 aromatic carbocycles. The van der Waals surface area contributed by atoms with E-state index in [1.807, 2.05) is 6.92 Å². The van der Waals surface area contributed by atoms with Gasteiger partial charge in [-0.1, -0.05) is 6.92 Å². The van der Waals surface area contributed by atoms with Crippen LogP contribution < -0.4 is 26.2 Å². The molecule has 0 radical (unpaired) electrons. The van der Waals surface area contributed by atoms with Crippen molar-refractivity contribution in [3.63, 3.8) is 0 Å². The largest absolute Gasteiger partial charge is 0.467 e. The molecule has 0 spiro atoms. The fraction of sp³-hybridized carbons (Fsp3) is 0.500. The molecule has 0 bridgehead atoms. The Morgan fingerprint density at radius 2 is 2.20 bits per heavy atom. The number of carbonyl (C=O) groups excluding carboxylic acids is 2. The van der Waals surface area contributed by atoms with Crippen LogP contribution >= 0.6 is 0 Å². The van der Waals surface area contributed by atoms with E-state index in [1.54, 1.807) is 0 Å². The Hall–Kier alpha value is -2.49. The summed E-state index contributed by atoms with van der Waals surface area (Å²) >= 11 is 0. The Kier molecular flexibility index (Phi) is 3.94. The predicted molar refractivity (Wildman–Crippen MR) is 68.8 cm³/mol. The first-order chi connectivity index (χ1) is 9.58. The van der Waals surface area contributed by atoms with Gasteiger partial charge in [-0.2, -0.15) is 15.0 Å². The van der Waals surface area contributed by atoms with Gasteiger partial charge in [0.15, 0.2) is 0 Å². The monoisotopic (exact) mass is 281 g/mol. The van der Waals surface area contributed by atoms with Crippen LogP contribution in [-0.2, 0) is 9.59 Å². The molecule has 2 rings (SSSR count). The van der Waals surface area contributed by atoms with Gasteiger partial charge in [-0.05, 0) is 6.42 Å². The van der Waals surface area contributed by atoms with E-state index in [2.05, 4.69) is 25.7 Å². The molecule has 1 saturated heterocycles. The molecule has 1 aromatic rings. The molecule has 1 aliphatic rings. The second kappa shape index (κ2) is 5.65. The number of hydrogen-bond acceptors (Lipinski definition) is 9. The quantitative estimate of drug-likeness (QED) is 0.339. The molecule has 10 heteroatoms. The maximum absolute atomic E-state index is 11.8. The van der Waals surface area contributed by atoms with Crippen LogP contribution in [0, 0.1) is 0 Å². The highest BCUT2D eigenvalue weighted by Gasteiger charge is 2.34. The lowest BCUT2D eigenvalue weighted by atomic mass is 10.1. The number of rotatable bonds is 4. The number of amides is 2. The van der Waals surface area contributed by atoms with Crippen LogP contribution in [0.3, 0.4) is 0 Å². The van der Waals surface area contributed by atoms with E-state index in [0.29, 0.717) is 6.42 Å². The number of nitrogens with zero attached hydrogens (tertiary/aromatic N) is 4. The van der Waals surface area contributed by atoms with Crippen LogP contribution in [0.4, 0.5) is 11.9 Å². The van der Waals surface area contributed by atoms with Crippen molar-refractivity contribution in [2.75, 3.05) is 24.0 Å². The van der Waals surface area contributed by atoms with Crippen LogP contribution in [0.15, 0.2) is 0 Å². The number of methoxy groups -OCH3 is 1. The molecular formula is C10H15N7O3. The number of anilines is 2. The van der Waals surface area contributed by atoms with Crippen molar-refractivity contribution in [1.29, 1.82) is 0 Å². The fourth-order valence-electron chi connectivity index (χ4n) is 1.91. The highest BCUT2D eigenvalue weighted by molar-refractivity contribution is 6.04. The zero-order valence-corrected chi connectivity index (χ0v) is 11.1. The number of carbonyl (C=O) groups is 2. The minimum Gasteiger partial charge on any atom is -0.467 e. The summed E-state index contributed by atoms with van der Waals surface area (Å²) in [6.45, 7) is 1.80. The van der Waals surface area contributed by atoms with Crippen molar-refractivity contribution in [3.8, 4) is 6.01 Å². The molecule has 1 aromatic heterocycles. The third-order valence-corrected chi connectivity index (χ3v) is 2.81. The highest BCUT2D eigenvalue weighted by atomic mass is 16.5. The van der Waals surface area contributed by atoms with Gasteiger partial charge in [-0.25, -0.2) is 5.84 Å². The van der Waals surface area contributed by atoms with Crippen molar-refractivity contribution in [2.45, 2.75) is 19.4 Å². The average molecular weight is 281 g/mol. The second-order valence-corrected chi connectivity index (χ2v) is 4.05. The summed E-state index contributed by atoms with van der Waals surface area (Å²) in [5.41, 5.74) is 2.28. The summed E-state index contributed by atoms with van der Waals surface area (Å²) < 4.78 is 4.94. The Bertz CT molecular complexity index is 513. The molecule has 20 heavy (non-hydrogen) atoms. The van der Waals surface area contributed by atoms with Gasteiger partial charge in [-0.3, -0.25) is 20.3 Å². The maximum atomic E-state index is 11.8. The number of piperazine rings is 1. The van der Waals surface area contributed by atoms with E-state index in [1.165, 1.54) is 12.0 Å². The number of ether oxygens (including phenoxy) is 1. The summed E-state index contributed by atoms with van der Waals surface area (Å²) in [4.78, 5) is 36.8. The van der Waals surface area contributed by atoms with Crippen molar-refractivity contribution in [2.24, 2.45) is 5.84 Å². The van der Waals surface area contributed by atoms with Crippen molar-refractivity contribution >= 4 is 23.7 Å². The number of imide groups is 1. The predicted octanol–water partition coefficient (Wildman–Crippen LogP) is -1.59. The summed E-state index contributed by atoms with van der Waals surface area (Å²) in [5.74, 6) is 4.71. The van der Waals surface area contributed by atoms with Crippen LogP contribution in [0.2, 0.25) is 0 Å². The third-order valence-electron chi connectivity index (χ3n) is 2.81. The first-order valence-corrected chi connectivity index (χ1v) is 5.96. The standard InChI is InChI=1S/C10H15N7O3/c1-3-5-7(19)12-6(18)4-17(5)9-13-8(16-11)14-10(15-9)20-2/h5H,3-4,11H2,1-2H3,(H,12,18,19)(H,13,14,15,16). The van der Waals surface area contributed by atoms with Crippen LogP contribution in [-0.4, -0.2) is 46.5 Å². The Morgan fingerprint density at radius 1 is 1.45 bits per heavy atom. The zero-order chi connectivity index (χ0) is 14.7. The second-order valence-electron chi connectivity index (χ2n) is 4.05. The average Bonchev–Trinajstić information content (AvgIpc) is 2.45. The minimum atomic E-state index is -0.537. The number of hydrazine groups is 1. The number of nitrogen functional groups attached to an aromatic ring is 1. The highest BCUT2D eigenvalue weighted by Crippen LogP contribution is 2.19. The number of nitrogens with two attached hydrogens (primary N) is 1. The summed E-state index contributed by atoms with van der Waals surface area (Å²) in [7, 11) is 1.39. The van der Waals surface area contributed by atoms with Gasteiger partial charge in [-0.15, -0.1) is 0 Å². The number of aromatic nitrogens is 3. The van der Waals surface area contributed by atoms with Crippen LogP contribution in [0.25, 0.3) is 0 Å². The molecule has 1 aliphatic heterocycles. The molecule has 2 amide bonds. The third kappa shape index (κ3) is 2.59. The van der Waals surface area contributed by atoms with Gasteiger partial charge in [0, 0.05) is 0 Å². The lowest BCUT2D eigenvalue weighted by Crippen LogP contribution is -2.58. The Morgan fingerprint density at radius 3 is 2.80 bits per heavy atom. The zero-order valence-electron chi connectivity index (χ0n) is 11.1. The van der Waals surface area contributed by atoms with E-state index in [-0.39, 0.29) is 30.4 Å². The fourth-order valence-corrected chi connectivity index (χ4v) is 1.91. The van der Waals surface area contributed by atoms with E-state index in [4.69, 9.17) is 10.6 Å². The van der Waals surface area contributed by atoms with E-state index in [9.17, 15) is 9.59 Å². The van der Waals surface area contributed by atoms with Gasteiger partial charge in [0.1, 0.15) is 12.6 Å². The molecule has 4 N–H and O–H groups in total. The van der Waals surface area contributed by atoms with Crippen molar-refractivity contribution in [1.82, 2.24) is 20.3 Å². The molecule has 0 saturated carbocycles. The van der Waals surface area contributed by atoms with E-state index in [0.717, 1.165) is 0 Å².